The molecule has 1 N–H and O–H groups in total. The molecule has 0 aliphatic rings. The summed E-state index contributed by atoms with van der Waals surface area (Å²) in [4.78, 5) is 0. The molecule has 0 bridgehead atoms. The molecule has 0 amide bonds. The van der Waals surface area contributed by atoms with Gasteiger partial charge in [0.2, 0.25) is 0 Å². The Hall–Kier alpha value is -2.01. The summed E-state index contributed by atoms with van der Waals surface area (Å²) in [5.41, 5.74) is 1.51. The highest BCUT2D eigenvalue weighted by atomic mass is 19.4. The second kappa shape index (κ2) is 6.18. The topological polar surface area (TPSA) is 21.3 Å². The van der Waals surface area contributed by atoms with E-state index in [1.54, 1.807) is 32.4 Å². The number of methoxy groups -OCH3 is 1. The van der Waals surface area contributed by atoms with Crippen molar-refractivity contribution < 1.29 is 17.9 Å². The Morgan fingerprint density at radius 2 is 1.76 bits per heavy atom. The van der Waals surface area contributed by atoms with Crippen LogP contribution in [0.4, 0.5) is 13.2 Å². The van der Waals surface area contributed by atoms with Gasteiger partial charge in [-0.15, -0.1) is 0 Å². The summed E-state index contributed by atoms with van der Waals surface area (Å²) in [5.74, 6) is 0.708. The minimum absolute atomic E-state index is 0.532. The zero-order valence-electron chi connectivity index (χ0n) is 11.8. The Morgan fingerprint density at radius 1 is 1.05 bits per heavy atom. The number of hydrogen-bond donors (Lipinski definition) is 1. The molecule has 2 aromatic carbocycles. The van der Waals surface area contributed by atoms with Gasteiger partial charge in [0.1, 0.15) is 5.75 Å². The van der Waals surface area contributed by atoms with Gasteiger partial charge < -0.3 is 10.1 Å². The molecule has 0 aliphatic heterocycles. The maximum absolute atomic E-state index is 12.8. The molecule has 2 nitrogen and oxygen atoms in total. The molecule has 0 fully saturated rings. The molecule has 0 aromatic heterocycles. The summed E-state index contributed by atoms with van der Waals surface area (Å²) in [6.45, 7) is 0.579. The molecule has 0 unspecified atom stereocenters. The maximum atomic E-state index is 12.8. The lowest BCUT2D eigenvalue weighted by molar-refractivity contribution is -0.137. The zero-order valence-corrected chi connectivity index (χ0v) is 11.8. The number of benzene rings is 2. The van der Waals surface area contributed by atoms with E-state index in [0.717, 1.165) is 23.3 Å². The SMILES string of the molecule is CNCc1cc(-c2cccc(C(F)(F)F)c2)ccc1OC. The van der Waals surface area contributed by atoms with Gasteiger partial charge in [-0.1, -0.05) is 18.2 Å². The second-order valence-corrected chi connectivity index (χ2v) is 4.64. The van der Waals surface area contributed by atoms with E-state index in [9.17, 15) is 13.2 Å². The quantitative estimate of drug-likeness (QED) is 0.917. The summed E-state index contributed by atoms with van der Waals surface area (Å²) in [7, 11) is 3.37. The number of alkyl halides is 3. The molecule has 0 atom stereocenters. The van der Waals surface area contributed by atoms with Crippen molar-refractivity contribution in [2.45, 2.75) is 12.7 Å². The first-order valence-electron chi connectivity index (χ1n) is 6.45. The van der Waals surface area contributed by atoms with Crippen LogP contribution in [0, 0.1) is 0 Å². The van der Waals surface area contributed by atoms with Crippen LogP contribution in [-0.4, -0.2) is 14.2 Å². The van der Waals surface area contributed by atoms with E-state index < -0.39 is 11.7 Å². The monoisotopic (exact) mass is 295 g/mol. The molecule has 0 aliphatic carbocycles. The Labute approximate surface area is 121 Å². The van der Waals surface area contributed by atoms with E-state index in [2.05, 4.69) is 5.32 Å². The van der Waals surface area contributed by atoms with E-state index in [-0.39, 0.29) is 0 Å². The van der Waals surface area contributed by atoms with Crippen LogP contribution >= 0.6 is 0 Å². The Balaban J connectivity index is 2.44. The molecular formula is C16H16F3NO. The van der Waals surface area contributed by atoms with Crippen molar-refractivity contribution in [1.29, 1.82) is 0 Å². The average molecular weight is 295 g/mol. The molecule has 112 valence electrons. The van der Waals surface area contributed by atoms with Gasteiger partial charge in [-0.25, -0.2) is 0 Å². The third-order valence-corrected chi connectivity index (χ3v) is 3.17. The number of ether oxygens (including phenoxy) is 1. The number of rotatable bonds is 4. The first kappa shape index (κ1) is 15.4. The summed E-state index contributed by atoms with van der Waals surface area (Å²) in [6.07, 6.45) is -4.34. The van der Waals surface area contributed by atoms with Gasteiger partial charge in [0.05, 0.1) is 12.7 Å². The molecular weight excluding hydrogens is 279 g/mol. The van der Waals surface area contributed by atoms with E-state index in [1.807, 2.05) is 6.07 Å². The van der Waals surface area contributed by atoms with Crippen LogP contribution in [0.3, 0.4) is 0 Å². The average Bonchev–Trinajstić information content (AvgIpc) is 2.47. The standard InChI is InChI=1S/C16H16F3NO/c1-20-10-13-8-12(6-7-15(13)21-2)11-4-3-5-14(9-11)16(17,18)19/h3-9,20H,10H2,1-2H3. The van der Waals surface area contributed by atoms with Crippen molar-refractivity contribution in [2.24, 2.45) is 0 Å². The predicted molar refractivity (Wildman–Crippen MR) is 76.2 cm³/mol. The lowest BCUT2D eigenvalue weighted by atomic mass is 10.0. The molecule has 5 heteroatoms. The minimum Gasteiger partial charge on any atom is -0.496 e. The van der Waals surface area contributed by atoms with E-state index in [4.69, 9.17) is 4.74 Å². The number of hydrogen-bond acceptors (Lipinski definition) is 2. The van der Waals surface area contributed by atoms with E-state index >= 15 is 0 Å². The molecule has 0 spiro atoms. The third kappa shape index (κ3) is 3.55. The van der Waals surface area contributed by atoms with Crippen molar-refractivity contribution in [2.75, 3.05) is 14.2 Å². The third-order valence-electron chi connectivity index (χ3n) is 3.17. The van der Waals surface area contributed by atoms with E-state index in [1.165, 1.54) is 6.07 Å². The molecule has 21 heavy (non-hydrogen) atoms. The highest BCUT2D eigenvalue weighted by Gasteiger charge is 2.30. The summed E-state index contributed by atoms with van der Waals surface area (Å²) >= 11 is 0. The Morgan fingerprint density at radius 3 is 2.38 bits per heavy atom. The lowest BCUT2D eigenvalue weighted by Gasteiger charge is -2.12. The van der Waals surface area contributed by atoms with Crippen LogP contribution in [0.5, 0.6) is 5.75 Å². The number of nitrogens with one attached hydrogen (secondary N) is 1. The molecule has 0 heterocycles. The number of halogens is 3. The van der Waals surface area contributed by atoms with Crippen LogP contribution < -0.4 is 10.1 Å². The lowest BCUT2D eigenvalue weighted by Crippen LogP contribution is -2.07. The fourth-order valence-corrected chi connectivity index (χ4v) is 2.16. The molecule has 2 rings (SSSR count). The fraction of sp³-hybridized carbons (Fsp3) is 0.250. The second-order valence-electron chi connectivity index (χ2n) is 4.64. The van der Waals surface area contributed by atoms with Crippen LogP contribution in [0.2, 0.25) is 0 Å². The van der Waals surface area contributed by atoms with E-state index in [0.29, 0.717) is 17.9 Å². The van der Waals surface area contributed by atoms with Gasteiger partial charge in [-0.2, -0.15) is 13.2 Å². The highest BCUT2D eigenvalue weighted by molar-refractivity contribution is 5.66. The normalized spacial score (nSPS) is 11.5. The molecule has 0 radical (unpaired) electrons. The Kier molecular flexibility index (Phi) is 4.53. The smallest absolute Gasteiger partial charge is 0.416 e. The zero-order chi connectivity index (χ0) is 15.5. The van der Waals surface area contributed by atoms with Crippen LogP contribution in [0.15, 0.2) is 42.5 Å². The fourth-order valence-electron chi connectivity index (χ4n) is 2.16. The van der Waals surface area contributed by atoms with Gasteiger partial charge in [-0.3, -0.25) is 0 Å². The van der Waals surface area contributed by atoms with Crippen molar-refractivity contribution in [3.05, 3.63) is 53.6 Å². The molecule has 0 saturated heterocycles. The van der Waals surface area contributed by atoms with Gasteiger partial charge in [0.25, 0.3) is 0 Å². The van der Waals surface area contributed by atoms with Crippen molar-refractivity contribution in [3.8, 4) is 16.9 Å². The predicted octanol–water partition coefficient (Wildman–Crippen LogP) is 4.10. The van der Waals surface area contributed by atoms with Crippen LogP contribution in [-0.2, 0) is 12.7 Å². The van der Waals surface area contributed by atoms with Gasteiger partial charge >= 0.3 is 6.18 Å². The maximum Gasteiger partial charge on any atom is 0.416 e. The Bertz CT molecular complexity index is 623. The van der Waals surface area contributed by atoms with Crippen molar-refractivity contribution in [1.82, 2.24) is 5.32 Å². The summed E-state index contributed by atoms with van der Waals surface area (Å²) in [5, 5.41) is 3.01. The van der Waals surface area contributed by atoms with Crippen LogP contribution in [0.25, 0.3) is 11.1 Å². The van der Waals surface area contributed by atoms with Crippen LogP contribution in [0.1, 0.15) is 11.1 Å². The summed E-state index contributed by atoms with van der Waals surface area (Å²) < 4.78 is 43.6. The van der Waals surface area contributed by atoms with Crippen molar-refractivity contribution in [3.63, 3.8) is 0 Å². The summed E-state index contributed by atoms with van der Waals surface area (Å²) in [6, 6.07) is 10.7. The first-order chi connectivity index (χ1) is 9.95. The largest absolute Gasteiger partial charge is 0.496 e. The minimum atomic E-state index is -4.34. The molecule has 0 saturated carbocycles. The van der Waals surface area contributed by atoms with Crippen molar-refractivity contribution >= 4 is 0 Å². The van der Waals surface area contributed by atoms with Gasteiger partial charge in [0, 0.05) is 12.1 Å². The first-order valence-corrected chi connectivity index (χ1v) is 6.45. The highest BCUT2D eigenvalue weighted by Crippen LogP contribution is 2.33. The molecule has 2 aromatic rings. The van der Waals surface area contributed by atoms with Gasteiger partial charge in [0.15, 0.2) is 0 Å². The van der Waals surface area contributed by atoms with Gasteiger partial charge in [-0.05, 0) is 42.4 Å².